The van der Waals surface area contributed by atoms with Crippen LogP contribution in [-0.2, 0) is 4.74 Å². The van der Waals surface area contributed by atoms with Crippen molar-refractivity contribution in [1.29, 1.82) is 0 Å². The van der Waals surface area contributed by atoms with Crippen molar-refractivity contribution in [3.8, 4) is 0 Å². The lowest BCUT2D eigenvalue weighted by Crippen LogP contribution is -2.47. The Balaban J connectivity index is 0.00000300. The summed E-state index contributed by atoms with van der Waals surface area (Å²) in [4.78, 5) is 21.3. The van der Waals surface area contributed by atoms with Gasteiger partial charge in [-0.15, -0.1) is 24.0 Å². The fraction of sp³-hybridized carbons (Fsp3) is 0.600. The third-order valence-electron chi connectivity index (χ3n) is 5.36. The van der Waals surface area contributed by atoms with Gasteiger partial charge in [0.2, 0.25) is 0 Å². The number of nitrogens with zero attached hydrogens (tertiary/aromatic N) is 3. The lowest BCUT2D eigenvalue weighted by molar-refractivity contribution is 0.0195. The summed E-state index contributed by atoms with van der Waals surface area (Å²) in [7, 11) is 1.78. The number of nitrogens with one attached hydrogen (secondary N) is 2. The Labute approximate surface area is 189 Å². The van der Waals surface area contributed by atoms with Gasteiger partial charge in [-0.25, -0.2) is 4.39 Å². The number of hydrogen-bond donors (Lipinski definition) is 2. The predicted octanol–water partition coefficient (Wildman–Crippen LogP) is 1.46. The Morgan fingerprint density at radius 2 is 1.97 bits per heavy atom. The number of likely N-dealkylation sites (tertiary alicyclic amines) is 1. The second-order valence-corrected chi connectivity index (χ2v) is 7.23. The number of carbonyl (C=O) groups is 1. The Morgan fingerprint density at radius 3 is 2.66 bits per heavy atom. The smallest absolute Gasteiger partial charge is 0.251 e. The first kappa shape index (κ1) is 23.8. The van der Waals surface area contributed by atoms with Crippen LogP contribution in [0.3, 0.4) is 0 Å². The Morgan fingerprint density at radius 1 is 1.24 bits per heavy atom. The number of hydrogen-bond acceptors (Lipinski definition) is 4. The second kappa shape index (κ2) is 11.7. The zero-order valence-electron chi connectivity index (χ0n) is 17.1. The minimum atomic E-state index is -0.366. The molecule has 7 nitrogen and oxygen atoms in total. The molecule has 1 amide bonds. The van der Waals surface area contributed by atoms with Crippen LogP contribution < -0.4 is 10.6 Å². The maximum absolute atomic E-state index is 13.6. The van der Waals surface area contributed by atoms with Crippen LogP contribution in [0.25, 0.3) is 0 Å². The highest BCUT2D eigenvalue weighted by molar-refractivity contribution is 14.0. The highest BCUT2D eigenvalue weighted by Crippen LogP contribution is 2.17. The average Bonchev–Trinajstić information content (AvgIpc) is 3.20. The normalized spacial score (nSPS) is 20.3. The third kappa shape index (κ3) is 6.51. The maximum atomic E-state index is 13.6. The van der Waals surface area contributed by atoms with Gasteiger partial charge in [-0.1, -0.05) is 6.07 Å². The van der Waals surface area contributed by atoms with E-state index in [0.717, 1.165) is 51.8 Å². The van der Waals surface area contributed by atoms with E-state index in [4.69, 9.17) is 4.74 Å². The Kier molecular flexibility index (Phi) is 9.57. The number of aliphatic imine (C=N–C) groups is 1. The molecule has 0 aliphatic carbocycles. The maximum Gasteiger partial charge on any atom is 0.251 e. The summed E-state index contributed by atoms with van der Waals surface area (Å²) in [6.07, 6.45) is 1.12. The summed E-state index contributed by atoms with van der Waals surface area (Å²) in [6.45, 7) is 8.22. The molecule has 1 aromatic carbocycles. The van der Waals surface area contributed by atoms with E-state index < -0.39 is 0 Å². The largest absolute Gasteiger partial charge is 0.379 e. The van der Waals surface area contributed by atoms with Gasteiger partial charge in [0, 0.05) is 57.9 Å². The number of halogens is 2. The number of amides is 1. The van der Waals surface area contributed by atoms with E-state index in [9.17, 15) is 9.18 Å². The first-order valence-corrected chi connectivity index (χ1v) is 9.90. The van der Waals surface area contributed by atoms with Crippen molar-refractivity contribution in [1.82, 2.24) is 20.4 Å². The fourth-order valence-corrected chi connectivity index (χ4v) is 3.69. The predicted molar refractivity (Wildman–Crippen MR) is 123 cm³/mol. The van der Waals surface area contributed by atoms with E-state index in [1.54, 1.807) is 26.1 Å². The van der Waals surface area contributed by atoms with Gasteiger partial charge in [0.1, 0.15) is 5.82 Å². The summed E-state index contributed by atoms with van der Waals surface area (Å²) < 4.78 is 19.0. The number of ether oxygens (including phenoxy) is 1. The van der Waals surface area contributed by atoms with Gasteiger partial charge in [0.25, 0.3) is 5.91 Å². The molecular weight excluding hydrogens is 488 g/mol. The standard InChI is InChI=1S/C20H30FN5O2.HI/c1-15-3-4-16(13-18(15)21)19(27)23-6-7-24-20(22-2)26-8-5-17(14-26)25-9-11-28-12-10-25;/h3-4,13,17H,5-12,14H2,1-2H3,(H,22,24)(H,23,27);1H. The summed E-state index contributed by atoms with van der Waals surface area (Å²) >= 11 is 0. The Hall–Kier alpha value is -1.46. The van der Waals surface area contributed by atoms with Crippen LogP contribution in [0.1, 0.15) is 22.3 Å². The number of guanidine groups is 1. The van der Waals surface area contributed by atoms with E-state index in [2.05, 4.69) is 25.4 Å². The summed E-state index contributed by atoms with van der Waals surface area (Å²) in [6, 6.07) is 5.06. The molecule has 2 fully saturated rings. The number of morpholine rings is 1. The topological polar surface area (TPSA) is 69.2 Å². The van der Waals surface area contributed by atoms with Gasteiger partial charge in [-0.3, -0.25) is 14.7 Å². The van der Waals surface area contributed by atoms with Crippen LogP contribution in [0.5, 0.6) is 0 Å². The number of aryl methyl sites for hydroxylation is 1. The van der Waals surface area contributed by atoms with Crippen molar-refractivity contribution in [2.75, 3.05) is 59.5 Å². The zero-order valence-corrected chi connectivity index (χ0v) is 19.4. The highest BCUT2D eigenvalue weighted by Gasteiger charge is 2.30. The van der Waals surface area contributed by atoms with E-state index in [-0.39, 0.29) is 35.7 Å². The molecule has 0 spiro atoms. The summed E-state index contributed by atoms with van der Waals surface area (Å²) in [5, 5.41) is 6.12. The van der Waals surface area contributed by atoms with Crippen LogP contribution in [0, 0.1) is 12.7 Å². The fourth-order valence-electron chi connectivity index (χ4n) is 3.69. The quantitative estimate of drug-likeness (QED) is 0.267. The monoisotopic (exact) mass is 519 g/mol. The molecule has 2 aliphatic heterocycles. The molecule has 1 unspecified atom stereocenters. The van der Waals surface area contributed by atoms with Crippen molar-refractivity contribution in [3.63, 3.8) is 0 Å². The van der Waals surface area contributed by atoms with Crippen LogP contribution in [0.4, 0.5) is 4.39 Å². The Bertz CT molecular complexity index is 712. The minimum absolute atomic E-state index is 0. The lowest BCUT2D eigenvalue weighted by Gasteiger charge is -2.32. The number of rotatable bonds is 5. The molecular formula is C20H31FIN5O2. The highest BCUT2D eigenvalue weighted by atomic mass is 127. The lowest BCUT2D eigenvalue weighted by atomic mass is 10.1. The van der Waals surface area contributed by atoms with Gasteiger partial charge in [0.05, 0.1) is 13.2 Å². The molecule has 2 aliphatic rings. The molecule has 0 bridgehead atoms. The van der Waals surface area contributed by atoms with E-state index in [0.29, 0.717) is 30.3 Å². The van der Waals surface area contributed by atoms with Crippen LogP contribution in [0.15, 0.2) is 23.2 Å². The molecule has 9 heteroatoms. The molecule has 1 aromatic rings. The van der Waals surface area contributed by atoms with Gasteiger partial charge in [-0.2, -0.15) is 0 Å². The van der Waals surface area contributed by atoms with Crippen LogP contribution >= 0.6 is 24.0 Å². The first-order valence-electron chi connectivity index (χ1n) is 9.90. The van der Waals surface area contributed by atoms with Gasteiger partial charge in [0.15, 0.2) is 5.96 Å². The van der Waals surface area contributed by atoms with Gasteiger partial charge in [-0.05, 0) is 31.0 Å². The molecule has 0 saturated carbocycles. The van der Waals surface area contributed by atoms with Crippen molar-refractivity contribution in [2.45, 2.75) is 19.4 Å². The molecule has 29 heavy (non-hydrogen) atoms. The number of carbonyl (C=O) groups excluding carboxylic acids is 1. The van der Waals surface area contributed by atoms with Gasteiger partial charge >= 0.3 is 0 Å². The first-order chi connectivity index (χ1) is 13.6. The zero-order chi connectivity index (χ0) is 19.9. The molecule has 2 saturated heterocycles. The van der Waals surface area contributed by atoms with Crippen molar-refractivity contribution in [3.05, 3.63) is 35.1 Å². The average molecular weight is 519 g/mol. The molecule has 3 rings (SSSR count). The van der Waals surface area contributed by atoms with Crippen molar-refractivity contribution >= 4 is 35.8 Å². The molecule has 1 atom stereocenters. The summed E-state index contributed by atoms with van der Waals surface area (Å²) in [5.41, 5.74) is 0.864. The molecule has 2 heterocycles. The van der Waals surface area contributed by atoms with Crippen molar-refractivity contribution in [2.24, 2.45) is 4.99 Å². The minimum Gasteiger partial charge on any atom is -0.379 e. The molecule has 2 N–H and O–H groups in total. The van der Waals surface area contributed by atoms with Gasteiger partial charge < -0.3 is 20.3 Å². The molecule has 0 aromatic heterocycles. The van der Waals surface area contributed by atoms with Crippen molar-refractivity contribution < 1.29 is 13.9 Å². The van der Waals surface area contributed by atoms with E-state index in [1.165, 1.54) is 6.07 Å². The van der Waals surface area contributed by atoms with E-state index in [1.807, 2.05) is 0 Å². The molecule has 0 radical (unpaired) electrons. The van der Waals surface area contributed by atoms with Crippen LogP contribution in [-0.4, -0.2) is 87.2 Å². The SMILES string of the molecule is CN=C(NCCNC(=O)c1ccc(C)c(F)c1)N1CCC(N2CCOCC2)C1.I. The third-order valence-corrected chi connectivity index (χ3v) is 5.36. The van der Waals surface area contributed by atoms with Crippen LogP contribution in [0.2, 0.25) is 0 Å². The molecule has 162 valence electrons. The van der Waals surface area contributed by atoms with E-state index >= 15 is 0 Å². The second-order valence-electron chi connectivity index (χ2n) is 7.23. The number of benzene rings is 1. The summed E-state index contributed by atoms with van der Waals surface area (Å²) in [5.74, 6) is 0.214.